The quantitative estimate of drug-likeness (QED) is 0.643. The van der Waals surface area contributed by atoms with E-state index >= 15 is 0 Å². The summed E-state index contributed by atoms with van der Waals surface area (Å²) >= 11 is 3.12. The van der Waals surface area contributed by atoms with Crippen LogP contribution in [0.2, 0.25) is 0 Å². The van der Waals surface area contributed by atoms with E-state index in [0.29, 0.717) is 10.9 Å². The summed E-state index contributed by atoms with van der Waals surface area (Å²) in [5, 5.41) is 0.303. The van der Waals surface area contributed by atoms with Crippen LogP contribution in [0.5, 0.6) is 0 Å². The van der Waals surface area contributed by atoms with Gasteiger partial charge in [0.2, 0.25) is 0 Å². The van der Waals surface area contributed by atoms with Crippen LogP contribution in [0.25, 0.3) is 5.69 Å². The van der Waals surface area contributed by atoms with E-state index in [1.54, 1.807) is 42.6 Å². The fourth-order valence-corrected chi connectivity index (χ4v) is 1.85. The van der Waals surface area contributed by atoms with Gasteiger partial charge in [0, 0.05) is 23.5 Å². The van der Waals surface area contributed by atoms with Crippen molar-refractivity contribution in [3.8, 4) is 5.69 Å². The normalized spacial score (nSPS) is 10.2. The molecule has 0 atom stereocenters. The fourth-order valence-electron chi connectivity index (χ4n) is 1.53. The maximum Gasteiger partial charge on any atom is 0.255 e. The molecule has 0 saturated carbocycles. The SMILES string of the molecule is O=C(CBr)c1ccc(-n2ccccc2=O)cc1. The number of hydrogen-bond donors (Lipinski definition) is 0. The Morgan fingerprint density at radius 3 is 2.41 bits per heavy atom. The lowest BCUT2D eigenvalue weighted by atomic mass is 10.1. The largest absolute Gasteiger partial charge is 0.293 e. The summed E-state index contributed by atoms with van der Waals surface area (Å²) in [6.07, 6.45) is 1.70. The third-order valence-electron chi connectivity index (χ3n) is 2.41. The van der Waals surface area contributed by atoms with Crippen molar-refractivity contribution >= 4 is 21.7 Å². The molecule has 17 heavy (non-hydrogen) atoms. The molecule has 0 aliphatic rings. The van der Waals surface area contributed by atoms with E-state index in [1.165, 1.54) is 10.6 Å². The van der Waals surface area contributed by atoms with Crippen LogP contribution in [0.15, 0.2) is 53.5 Å². The smallest absolute Gasteiger partial charge is 0.255 e. The number of pyridine rings is 1. The highest BCUT2D eigenvalue weighted by Gasteiger charge is 2.04. The number of alkyl halides is 1. The highest BCUT2D eigenvalue weighted by Crippen LogP contribution is 2.09. The summed E-state index contributed by atoms with van der Waals surface area (Å²) in [6.45, 7) is 0. The Bertz CT molecular complexity index is 587. The first-order valence-electron chi connectivity index (χ1n) is 5.09. The summed E-state index contributed by atoms with van der Waals surface area (Å²) in [7, 11) is 0. The molecule has 1 aromatic carbocycles. The van der Waals surface area contributed by atoms with Crippen molar-refractivity contribution in [1.29, 1.82) is 0 Å². The van der Waals surface area contributed by atoms with E-state index in [9.17, 15) is 9.59 Å². The van der Waals surface area contributed by atoms with E-state index < -0.39 is 0 Å². The molecule has 0 aliphatic heterocycles. The highest BCUT2D eigenvalue weighted by molar-refractivity contribution is 9.09. The number of benzene rings is 1. The van der Waals surface area contributed by atoms with Gasteiger partial charge in [-0.05, 0) is 30.3 Å². The van der Waals surface area contributed by atoms with Gasteiger partial charge in [-0.25, -0.2) is 0 Å². The van der Waals surface area contributed by atoms with Gasteiger partial charge in [0.05, 0.1) is 5.33 Å². The summed E-state index contributed by atoms with van der Waals surface area (Å²) in [5.74, 6) is 0.0250. The molecule has 0 amide bonds. The molecule has 0 spiro atoms. The van der Waals surface area contributed by atoms with Gasteiger partial charge in [0.15, 0.2) is 5.78 Å². The van der Waals surface area contributed by atoms with Crippen molar-refractivity contribution in [3.05, 3.63) is 64.6 Å². The molecule has 2 aromatic rings. The topological polar surface area (TPSA) is 39.1 Å². The first kappa shape index (κ1) is 11.8. The Labute approximate surface area is 107 Å². The minimum atomic E-state index is -0.0907. The number of aromatic nitrogens is 1. The molecular weight excluding hydrogens is 282 g/mol. The number of nitrogens with zero attached hydrogens (tertiary/aromatic N) is 1. The molecule has 1 heterocycles. The Kier molecular flexibility index (Phi) is 3.54. The zero-order valence-corrected chi connectivity index (χ0v) is 10.6. The van der Waals surface area contributed by atoms with Crippen LogP contribution in [-0.2, 0) is 0 Å². The van der Waals surface area contributed by atoms with Crippen molar-refractivity contribution in [2.24, 2.45) is 0 Å². The molecule has 1 aromatic heterocycles. The summed E-state index contributed by atoms with van der Waals surface area (Å²) in [4.78, 5) is 23.0. The summed E-state index contributed by atoms with van der Waals surface area (Å²) in [6, 6.07) is 11.9. The van der Waals surface area contributed by atoms with Crippen molar-refractivity contribution in [3.63, 3.8) is 0 Å². The van der Waals surface area contributed by atoms with Gasteiger partial charge in [-0.1, -0.05) is 22.0 Å². The van der Waals surface area contributed by atoms with Gasteiger partial charge >= 0.3 is 0 Å². The maximum atomic E-state index is 11.6. The Hall–Kier alpha value is -1.68. The second kappa shape index (κ2) is 5.10. The Morgan fingerprint density at radius 1 is 1.12 bits per heavy atom. The molecule has 3 nitrogen and oxygen atoms in total. The lowest BCUT2D eigenvalue weighted by molar-refractivity contribution is 0.102. The van der Waals surface area contributed by atoms with Crippen molar-refractivity contribution < 1.29 is 4.79 Å². The molecule has 4 heteroatoms. The summed E-state index contributed by atoms with van der Waals surface area (Å²) < 4.78 is 1.53. The second-order valence-corrected chi connectivity index (χ2v) is 4.07. The fraction of sp³-hybridized carbons (Fsp3) is 0.0769. The zero-order valence-electron chi connectivity index (χ0n) is 8.97. The average molecular weight is 292 g/mol. The maximum absolute atomic E-state index is 11.6. The number of Topliss-reactive ketones (excluding diaryl/α,β-unsaturated/α-hetero) is 1. The minimum Gasteiger partial charge on any atom is -0.293 e. The molecule has 0 unspecified atom stereocenters. The van der Waals surface area contributed by atoms with Gasteiger partial charge in [-0.15, -0.1) is 0 Å². The molecule has 0 aliphatic carbocycles. The van der Waals surface area contributed by atoms with E-state index in [1.807, 2.05) is 0 Å². The number of hydrogen-bond acceptors (Lipinski definition) is 2. The average Bonchev–Trinajstić information content (AvgIpc) is 2.39. The minimum absolute atomic E-state index is 0.0250. The van der Waals surface area contributed by atoms with Crippen LogP contribution in [0.4, 0.5) is 0 Å². The lowest BCUT2D eigenvalue weighted by Gasteiger charge is -2.05. The molecule has 0 radical (unpaired) electrons. The monoisotopic (exact) mass is 291 g/mol. The second-order valence-electron chi connectivity index (χ2n) is 3.51. The number of carbonyl (C=O) groups is 1. The highest BCUT2D eigenvalue weighted by atomic mass is 79.9. The van der Waals surface area contributed by atoms with Crippen LogP contribution in [0.1, 0.15) is 10.4 Å². The summed E-state index contributed by atoms with van der Waals surface area (Å²) in [5.41, 5.74) is 1.29. The van der Waals surface area contributed by atoms with Gasteiger partial charge < -0.3 is 0 Å². The van der Waals surface area contributed by atoms with Crippen LogP contribution in [0.3, 0.4) is 0 Å². The van der Waals surface area contributed by atoms with Gasteiger partial charge in [-0.3, -0.25) is 14.2 Å². The van der Waals surface area contributed by atoms with E-state index in [-0.39, 0.29) is 11.3 Å². The number of rotatable bonds is 3. The Balaban J connectivity index is 2.40. The van der Waals surface area contributed by atoms with Crippen LogP contribution in [-0.4, -0.2) is 15.7 Å². The third kappa shape index (κ3) is 2.53. The zero-order chi connectivity index (χ0) is 12.3. The lowest BCUT2D eigenvalue weighted by Crippen LogP contribution is -2.15. The van der Waals surface area contributed by atoms with Gasteiger partial charge in [0.25, 0.3) is 5.56 Å². The molecule has 86 valence electrons. The third-order valence-corrected chi connectivity index (χ3v) is 2.92. The Morgan fingerprint density at radius 2 is 1.82 bits per heavy atom. The number of carbonyl (C=O) groups excluding carboxylic acids is 1. The van der Waals surface area contributed by atoms with Crippen LogP contribution >= 0.6 is 15.9 Å². The molecule has 0 fully saturated rings. The number of halogens is 1. The first-order chi connectivity index (χ1) is 8.22. The van der Waals surface area contributed by atoms with E-state index in [2.05, 4.69) is 15.9 Å². The first-order valence-corrected chi connectivity index (χ1v) is 6.22. The predicted octanol–water partition coefficient (Wildman–Crippen LogP) is 2.42. The van der Waals surface area contributed by atoms with Crippen molar-refractivity contribution in [2.75, 3.05) is 5.33 Å². The molecule has 0 saturated heterocycles. The van der Waals surface area contributed by atoms with Crippen molar-refractivity contribution in [1.82, 2.24) is 4.57 Å². The molecular formula is C13H10BrNO2. The standard InChI is InChI=1S/C13H10BrNO2/c14-9-12(16)10-4-6-11(7-5-10)15-8-2-1-3-13(15)17/h1-8H,9H2. The number of ketones is 1. The van der Waals surface area contributed by atoms with Gasteiger partial charge in [-0.2, -0.15) is 0 Å². The molecule has 2 rings (SSSR count). The van der Waals surface area contributed by atoms with E-state index in [4.69, 9.17) is 0 Å². The van der Waals surface area contributed by atoms with Gasteiger partial charge in [0.1, 0.15) is 0 Å². The van der Waals surface area contributed by atoms with E-state index in [0.717, 1.165) is 5.69 Å². The van der Waals surface area contributed by atoms with Crippen molar-refractivity contribution in [2.45, 2.75) is 0 Å². The van der Waals surface area contributed by atoms with Crippen LogP contribution < -0.4 is 5.56 Å². The molecule has 0 bridgehead atoms. The predicted molar refractivity (Wildman–Crippen MR) is 70.2 cm³/mol. The molecule has 0 N–H and O–H groups in total. The van der Waals surface area contributed by atoms with Crippen LogP contribution in [0, 0.1) is 0 Å².